The Labute approximate surface area is 171 Å². The van der Waals surface area contributed by atoms with Crippen LogP contribution in [0.5, 0.6) is 0 Å². The van der Waals surface area contributed by atoms with Crippen LogP contribution in [-0.2, 0) is 19.6 Å². The summed E-state index contributed by atoms with van der Waals surface area (Å²) >= 11 is 0. The van der Waals surface area contributed by atoms with Crippen LogP contribution in [0.2, 0.25) is 0 Å². The van der Waals surface area contributed by atoms with Crippen molar-refractivity contribution < 1.29 is 22.7 Å². The molecule has 7 nitrogen and oxygen atoms in total. The van der Waals surface area contributed by atoms with Crippen molar-refractivity contribution in [1.82, 2.24) is 5.32 Å². The lowest BCUT2D eigenvalue weighted by atomic mass is 9.98. The highest BCUT2D eigenvalue weighted by Crippen LogP contribution is 2.24. The third-order valence-corrected chi connectivity index (χ3v) is 6.65. The highest BCUT2D eigenvalue weighted by molar-refractivity contribution is 7.92. The molecular formula is C21H26N2O5S. The molecule has 1 atom stereocenters. The first-order valence-corrected chi connectivity index (χ1v) is 10.7. The monoisotopic (exact) mass is 418 g/mol. The average Bonchev–Trinajstić information content (AvgIpc) is 2.74. The Morgan fingerprint density at radius 3 is 2.28 bits per heavy atom. The van der Waals surface area contributed by atoms with Crippen LogP contribution >= 0.6 is 0 Å². The first kappa shape index (κ1) is 22.4. The third-order valence-electron chi connectivity index (χ3n) is 4.75. The second kappa shape index (κ2) is 9.09. The largest absolute Gasteiger partial charge is 0.467 e. The zero-order chi connectivity index (χ0) is 21.7. The van der Waals surface area contributed by atoms with E-state index in [4.69, 9.17) is 4.74 Å². The molecule has 0 fully saturated rings. The fraction of sp³-hybridized carbons (Fsp3) is 0.333. The Morgan fingerprint density at radius 1 is 1.07 bits per heavy atom. The minimum Gasteiger partial charge on any atom is -0.467 e. The van der Waals surface area contributed by atoms with Crippen LogP contribution in [0.3, 0.4) is 0 Å². The van der Waals surface area contributed by atoms with Gasteiger partial charge in [0.25, 0.3) is 15.9 Å². The van der Waals surface area contributed by atoms with Crippen molar-refractivity contribution in [2.75, 3.05) is 18.0 Å². The molecule has 1 N–H and O–H groups in total. The van der Waals surface area contributed by atoms with Crippen molar-refractivity contribution in [1.29, 1.82) is 0 Å². The summed E-state index contributed by atoms with van der Waals surface area (Å²) in [5.41, 5.74) is -0.534. The maximum atomic E-state index is 13.2. The molecule has 0 saturated heterocycles. The number of esters is 1. The number of nitrogens with zero attached hydrogens (tertiary/aromatic N) is 1. The number of carbonyl (C=O) groups excluding carboxylic acids is 2. The van der Waals surface area contributed by atoms with Gasteiger partial charge in [-0.2, -0.15) is 0 Å². The minimum atomic E-state index is -3.87. The quantitative estimate of drug-likeness (QED) is 0.666. The molecule has 0 bridgehead atoms. The fourth-order valence-corrected chi connectivity index (χ4v) is 4.36. The van der Waals surface area contributed by atoms with E-state index in [2.05, 4.69) is 5.32 Å². The van der Waals surface area contributed by atoms with Gasteiger partial charge >= 0.3 is 5.97 Å². The lowest BCUT2D eigenvalue weighted by molar-refractivity contribution is -0.147. The van der Waals surface area contributed by atoms with E-state index in [1.165, 1.54) is 35.7 Å². The Balaban J connectivity index is 2.37. The van der Waals surface area contributed by atoms with Crippen molar-refractivity contribution in [3.8, 4) is 0 Å². The van der Waals surface area contributed by atoms with Crippen molar-refractivity contribution in [2.45, 2.75) is 37.6 Å². The number of anilines is 1. The molecule has 0 aromatic heterocycles. The second-order valence-electron chi connectivity index (χ2n) is 6.66. The molecular weight excluding hydrogens is 392 g/mol. The first-order chi connectivity index (χ1) is 13.7. The minimum absolute atomic E-state index is 0.00729. The maximum absolute atomic E-state index is 13.2. The van der Waals surface area contributed by atoms with E-state index in [0.29, 0.717) is 12.1 Å². The molecule has 0 saturated carbocycles. The number of hydrogen-bond donors (Lipinski definition) is 1. The van der Waals surface area contributed by atoms with Gasteiger partial charge in [-0.3, -0.25) is 9.10 Å². The molecule has 0 spiro atoms. The number of benzene rings is 2. The Kier molecular flexibility index (Phi) is 7.02. The van der Waals surface area contributed by atoms with E-state index in [-0.39, 0.29) is 17.0 Å². The number of ether oxygens (including phenoxy) is 1. The number of para-hydroxylation sites is 1. The summed E-state index contributed by atoms with van der Waals surface area (Å²) in [5.74, 6) is -1.13. The summed E-state index contributed by atoms with van der Waals surface area (Å²) in [5, 5.41) is 2.64. The number of carbonyl (C=O) groups is 2. The summed E-state index contributed by atoms with van der Waals surface area (Å²) in [4.78, 5) is 24.7. The molecule has 156 valence electrons. The maximum Gasteiger partial charge on any atom is 0.331 e. The molecule has 2 rings (SSSR count). The summed E-state index contributed by atoms with van der Waals surface area (Å²) in [6.45, 7) is 5.28. The number of hydrogen-bond acceptors (Lipinski definition) is 5. The van der Waals surface area contributed by atoms with Crippen LogP contribution in [0.1, 0.15) is 37.6 Å². The topological polar surface area (TPSA) is 92.8 Å². The number of methoxy groups -OCH3 is 1. The third kappa shape index (κ3) is 4.76. The molecule has 0 heterocycles. The smallest absolute Gasteiger partial charge is 0.331 e. The Bertz CT molecular complexity index is 976. The molecule has 8 heteroatoms. The van der Waals surface area contributed by atoms with Crippen LogP contribution in [0, 0.1) is 0 Å². The molecule has 1 unspecified atom stereocenters. The van der Waals surface area contributed by atoms with Crippen LogP contribution in [0.4, 0.5) is 5.69 Å². The van der Waals surface area contributed by atoms with E-state index in [1.807, 2.05) is 0 Å². The summed E-state index contributed by atoms with van der Waals surface area (Å²) in [6, 6.07) is 14.5. The predicted molar refractivity (Wildman–Crippen MR) is 111 cm³/mol. The lowest BCUT2D eigenvalue weighted by Crippen LogP contribution is -2.52. The zero-order valence-electron chi connectivity index (χ0n) is 17.0. The van der Waals surface area contributed by atoms with Gasteiger partial charge in [-0.25, -0.2) is 13.2 Å². The molecule has 0 radical (unpaired) electrons. The Hall–Kier alpha value is -2.87. The Morgan fingerprint density at radius 2 is 1.72 bits per heavy atom. The summed E-state index contributed by atoms with van der Waals surface area (Å²) in [7, 11) is -2.62. The SMILES string of the molecule is CCN(c1ccccc1)S(=O)(=O)c1cccc(C(=O)NC(C)(CC)C(=O)OC)c1. The number of amides is 1. The first-order valence-electron chi connectivity index (χ1n) is 9.28. The van der Waals surface area contributed by atoms with Gasteiger partial charge in [0.2, 0.25) is 0 Å². The molecule has 0 aliphatic rings. The van der Waals surface area contributed by atoms with Crippen LogP contribution in [0.15, 0.2) is 59.5 Å². The van der Waals surface area contributed by atoms with Crippen LogP contribution < -0.4 is 9.62 Å². The van der Waals surface area contributed by atoms with E-state index in [0.717, 1.165) is 0 Å². The van der Waals surface area contributed by atoms with Gasteiger partial charge in [0, 0.05) is 12.1 Å². The molecule has 1 amide bonds. The number of nitrogens with one attached hydrogen (secondary N) is 1. The zero-order valence-corrected chi connectivity index (χ0v) is 17.8. The normalized spacial score (nSPS) is 13.2. The standard InChI is InChI=1S/C21H26N2O5S/c1-5-21(3,20(25)28-4)22-19(24)16-11-10-14-18(15-16)29(26,27)23(6-2)17-12-8-7-9-13-17/h7-15H,5-6H2,1-4H3,(H,22,24). The summed E-state index contributed by atoms with van der Waals surface area (Å²) in [6.07, 6.45) is 0.320. The molecule has 0 aliphatic carbocycles. The van der Waals surface area contributed by atoms with E-state index < -0.39 is 27.4 Å². The second-order valence-corrected chi connectivity index (χ2v) is 8.53. The number of sulfonamides is 1. The van der Waals surface area contributed by atoms with Gasteiger partial charge in [0.15, 0.2) is 0 Å². The lowest BCUT2D eigenvalue weighted by Gasteiger charge is -2.26. The van der Waals surface area contributed by atoms with Crippen molar-refractivity contribution in [3.63, 3.8) is 0 Å². The predicted octanol–water partition coefficient (Wildman–Crippen LogP) is 2.97. The highest BCUT2D eigenvalue weighted by Gasteiger charge is 2.34. The van der Waals surface area contributed by atoms with Crippen molar-refractivity contribution in [3.05, 3.63) is 60.2 Å². The fourth-order valence-electron chi connectivity index (χ4n) is 2.84. The summed E-state index contributed by atoms with van der Waals surface area (Å²) < 4.78 is 32.3. The van der Waals surface area contributed by atoms with Gasteiger partial charge < -0.3 is 10.1 Å². The highest BCUT2D eigenvalue weighted by atomic mass is 32.2. The molecule has 0 aliphatic heterocycles. The van der Waals surface area contributed by atoms with Crippen molar-refractivity contribution >= 4 is 27.6 Å². The van der Waals surface area contributed by atoms with Gasteiger partial charge in [0.05, 0.1) is 17.7 Å². The van der Waals surface area contributed by atoms with Gasteiger partial charge in [0.1, 0.15) is 5.54 Å². The average molecular weight is 419 g/mol. The van der Waals surface area contributed by atoms with Gasteiger partial charge in [-0.05, 0) is 50.6 Å². The van der Waals surface area contributed by atoms with Gasteiger partial charge in [-0.1, -0.05) is 31.2 Å². The van der Waals surface area contributed by atoms with E-state index >= 15 is 0 Å². The van der Waals surface area contributed by atoms with Crippen LogP contribution in [-0.4, -0.2) is 39.5 Å². The van der Waals surface area contributed by atoms with E-state index in [9.17, 15) is 18.0 Å². The molecule has 29 heavy (non-hydrogen) atoms. The molecule has 2 aromatic rings. The van der Waals surface area contributed by atoms with E-state index in [1.54, 1.807) is 51.1 Å². The van der Waals surface area contributed by atoms with Gasteiger partial charge in [-0.15, -0.1) is 0 Å². The number of rotatable bonds is 8. The molecule has 2 aromatic carbocycles. The van der Waals surface area contributed by atoms with Crippen molar-refractivity contribution in [2.24, 2.45) is 0 Å². The van der Waals surface area contributed by atoms with Crippen LogP contribution in [0.25, 0.3) is 0 Å².